The Morgan fingerprint density at radius 2 is 1.76 bits per heavy atom. The molecule has 2 saturated heterocycles. The third-order valence-electron chi connectivity index (χ3n) is 13.1. The maximum Gasteiger partial charge on any atom is 0.254 e. The zero-order valence-corrected chi connectivity index (χ0v) is 37.3. The lowest BCUT2D eigenvalue weighted by Gasteiger charge is -2.46. The number of carbonyl (C=O) groups is 2. The van der Waals surface area contributed by atoms with E-state index in [9.17, 15) is 19.8 Å². The number of aryl methyl sites for hydroxylation is 2. The summed E-state index contributed by atoms with van der Waals surface area (Å²) in [5.41, 5.74) is 7.43. The quantitative estimate of drug-likeness (QED) is 0.109. The molecule has 6 atom stereocenters. The number of para-hydroxylation sites is 1. The Morgan fingerprint density at radius 3 is 2.45 bits per heavy atom. The molecule has 9 rings (SSSR count). The number of likely N-dealkylation sites (tertiary alicyclic amines) is 2. The minimum absolute atomic E-state index is 0.0383. The summed E-state index contributed by atoms with van der Waals surface area (Å²) in [7, 11) is 0. The van der Waals surface area contributed by atoms with Gasteiger partial charge in [0, 0.05) is 40.9 Å². The van der Waals surface area contributed by atoms with Crippen LogP contribution in [0.25, 0.3) is 31.9 Å². The summed E-state index contributed by atoms with van der Waals surface area (Å²) >= 11 is 3.33. The third kappa shape index (κ3) is 8.23. The molecule has 2 aromatic carbocycles. The van der Waals surface area contributed by atoms with Gasteiger partial charge < -0.3 is 29.7 Å². The minimum Gasteiger partial charge on any atom is -0.507 e. The molecule has 0 bridgehead atoms. The van der Waals surface area contributed by atoms with E-state index in [-0.39, 0.29) is 54.6 Å². The number of rotatable bonds is 12. The lowest BCUT2D eigenvalue weighted by Crippen LogP contribution is -2.55. The first-order valence-electron chi connectivity index (χ1n) is 21.6. The summed E-state index contributed by atoms with van der Waals surface area (Å²) in [6.07, 6.45) is 3.31. The van der Waals surface area contributed by atoms with Gasteiger partial charge in [0.1, 0.15) is 28.6 Å². The molecule has 2 aliphatic heterocycles. The van der Waals surface area contributed by atoms with Crippen molar-refractivity contribution in [1.29, 1.82) is 0 Å². The number of aliphatic hydroxyl groups excluding tert-OH is 1. The summed E-state index contributed by atoms with van der Waals surface area (Å²) in [4.78, 5) is 39.9. The molecule has 3 fully saturated rings. The lowest BCUT2D eigenvalue weighted by atomic mass is 9.84. The van der Waals surface area contributed by atoms with Crippen LogP contribution in [0.5, 0.6) is 11.6 Å². The van der Waals surface area contributed by atoms with Crippen molar-refractivity contribution in [2.75, 3.05) is 19.6 Å². The van der Waals surface area contributed by atoms with Crippen LogP contribution >= 0.6 is 22.7 Å². The van der Waals surface area contributed by atoms with Crippen LogP contribution in [0, 0.1) is 19.8 Å². The van der Waals surface area contributed by atoms with Gasteiger partial charge in [0.25, 0.3) is 5.88 Å². The molecule has 15 heteroatoms. The van der Waals surface area contributed by atoms with Crippen LogP contribution in [-0.4, -0.2) is 96.1 Å². The second-order valence-electron chi connectivity index (χ2n) is 17.5. The van der Waals surface area contributed by atoms with Gasteiger partial charge in [-0.1, -0.05) is 50.2 Å². The number of phenols is 1. The molecule has 3 aliphatic rings. The van der Waals surface area contributed by atoms with Crippen molar-refractivity contribution in [3.05, 3.63) is 93.6 Å². The number of benzene rings is 2. The second-order valence-corrected chi connectivity index (χ2v) is 19.4. The number of hydrogen-bond donors (Lipinski definition) is 3. The lowest BCUT2D eigenvalue weighted by molar-refractivity contribution is -0.141. The monoisotopic (exact) mass is 875 g/mol. The molecule has 3 unspecified atom stereocenters. The van der Waals surface area contributed by atoms with Crippen LogP contribution < -0.4 is 10.1 Å². The predicted molar refractivity (Wildman–Crippen MR) is 239 cm³/mol. The van der Waals surface area contributed by atoms with E-state index >= 15 is 0 Å². The van der Waals surface area contributed by atoms with E-state index < -0.39 is 18.1 Å². The van der Waals surface area contributed by atoms with Crippen molar-refractivity contribution in [2.24, 2.45) is 5.92 Å². The number of fused-ring (bicyclic) bond motifs is 1. The van der Waals surface area contributed by atoms with Gasteiger partial charge in [-0.05, 0) is 111 Å². The van der Waals surface area contributed by atoms with Gasteiger partial charge in [-0.3, -0.25) is 14.5 Å². The fourth-order valence-electron chi connectivity index (χ4n) is 9.49. The number of β-amino-alcohol motifs (C(OH)–C–C–N with tert-alkyl or cyclic N) is 1. The summed E-state index contributed by atoms with van der Waals surface area (Å²) in [6.45, 7) is 12.0. The molecule has 324 valence electrons. The number of aromatic hydroxyl groups is 1. The number of aromatic nitrogens is 4. The molecule has 13 nitrogen and oxygen atoms in total. The number of ether oxygens (including phenoxy) is 1. The maximum atomic E-state index is 14.3. The van der Waals surface area contributed by atoms with Crippen LogP contribution in [0.4, 0.5) is 0 Å². The van der Waals surface area contributed by atoms with E-state index in [2.05, 4.69) is 37.5 Å². The van der Waals surface area contributed by atoms with Crippen LogP contribution in [0.2, 0.25) is 0 Å². The first kappa shape index (κ1) is 42.1. The molecule has 3 N–H and O–H groups in total. The van der Waals surface area contributed by atoms with Gasteiger partial charge in [-0.25, -0.2) is 4.98 Å². The van der Waals surface area contributed by atoms with Gasteiger partial charge in [-0.15, -0.1) is 32.9 Å². The third-order valence-corrected chi connectivity index (χ3v) is 15.5. The van der Waals surface area contributed by atoms with Gasteiger partial charge in [0.2, 0.25) is 11.8 Å². The average molecular weight is 876 g/mol. The topological polar surface area (TPSA) is 167 Å². The van der Waals surface area contributed by atoms with Crippen LogP contribution in [0.15, 0.2) is 70.7 Å². The second kappa shape index (κ2) is 17.5. The number of thiazole rings is 1. The van der Waals surface area contributed by atoms with E-state index in [1.165, 1.54) is 15.3 Å². The molecule has 2 amide bonds. The van der Waals surface area contributed by atoms with Crippen molar-refractivity contribution in [3.63, 3.8) is 0 Å². The molecular formula is C47H53N7O6S2. The molecular weight excluding hydrogens is 823 g/mol. The number of thiophene rings is 1. The number of aliphatic hydroxyl groups is 1. The Labute approximate surface area is 369 Å². The number of carbonyl (C=O) groups excluding carboxylic acids is 2. The standard InChI is InChI=1S/C47H53N7O6S2/c1-25(2)42(47(58)54-23-32(55)20-37(54)45(57)49-27(4)29-10-12-30(13-11-29)44-28(5)48-24-61-44)40-22-41(52-60-40)59-39-15-14-36(39)53-18-16-31(17-19-53)43-26(3)34-21-35(50-51-46(34)62-43)33-8-6-7-9-38(33)56/h6-13,21-22,24-25,27,31-32,36-37,39,42,55-56H,14-20,23H2,1-5H3,(H,49,57)/t27-,32+,36?,37-,39?,42?/m0/s1. The number of piperidine rings is 1. The van der Waals surface area contributed by atoms with Crippen molar-refractivity contribution in [1.82, 2.24) is 35.5 Å². The maximum absolute atomic E-state index is 14.3. The number of nitrogens with zero attached hydrogens (tertiary/aromatic N) is 6. The Hall–Kier alpha value is -5.22. The highest BCUT2D eigenvalue weighted by Crippen LogP contribution is 2.43. The van der Waals surface area contributed by atoms with Crippen LogP contribution in [-0.2, 0) is 9.59 Å². The predicted octanol–water partition coefficient (Wildman–Crippen LogP) is 8.16. The average Bonchev–Trinajstić information content (AvgIpc) is 4.07. The molecule has 6 heterocycles. The zero-order chi connectivity index (χ0) is 43.2. The molecule has 0 radical (unpaired) electrons. The highest BCUT2D eigenvalue weighted by Gasteiger charge is 2.44. The van der Waals surface area contributed by atoms with Gasteiger partial charge >= 0.3 is 0 Å². The van der Waals surface area contributed by atoms with Crippen molar-refractivity contribution >= 4 is 44.7 Å². The van der Waals surface area contributed by atoms with Crippen LogP contribution in [0.1, 0.15) is 98.2 Å². The largest absolute Gasteiger partial charge is 0.507 e. The molecule has 62 heavy (non-hydrogen) atoms. The van der Waals surface area contributed by atoms with Gasteiger partial charge in [0.05, 0.1) is 33.9 Å². The fraction of sp³-hybridized carbons (Fsp3) is 0.447. The Kier molecular flexibility index (Phi) is 11.9. The number of phenolic OH excluding ortho intramolecular Hbond substituents is 1. The number of hydrogen-bond acceptors (Lipinski definition) is 13. The minimum atomic E-state index is -0.821. The Morgan fingerprint density at radius 1 is 0.984 bits per heavy atom. The van der Waals surface area contributed by atoms with Gasteiger partial charge in [-0.2, -0.15) is 0 Å². The zero-order valence-electron chi connectivity index (χ0n) is 35.7. The highest BCUT2D eigenvalue weighted by molar-refractivity contribution is 7.19. The van der Waals surface area contributed by atoms with E-state index in [1.807, 2.05) is 75.7 Å². The first-order chi connectivity index (χ1) is 29.9. The van der Waals surface area contributed by atoms with Gasteiger partial charge in [0.15, 0.2) is 5.76 Å². The van der Waals surface area contributed by atoms with Crippen LogP contribution in [0.3, 0.4) is 0 Å². The summed E-state index contributed by atoms with van der Waals surface area (Å²) < 4.78 is 12.3. The SMILES string of the molecule is Cc1ncsc1-c1ccc([C@H](C)NC(=O)[C@@H]2C[C@@H](O)CN2C(=O)C(c2cc(OC3CCC3N3CCC(c4sc5nnc(-c6ccccc6O)cc5c4C)CC3)no2)C(C)C)cc1. The molecule has 1 saturated carbocycles. The molecule has 4 aromatic heterocycles. The molecule has 1 aliphatic carbocycles. The number of amides is 2. The Bertz CT molecular complexity index is 2560. The van der Waals surface area contributed by atoms with Crippen molar-refractivity contribution in [2.45, 2.75) is 109 Å². The normalized spacial score (nSPS) is 21.9. The van der Waals surface area contributed by atoms with Crippen molar-refractivity contribution in [3.8, 4) is 33.3 Å². The smallest absolute Gasteiger partial charge is 0.254 e. The summed E-state index contributed by atoms with van der Waals surface area (Å²) in [5.74, 6) is -0.0904. The highest BCUT2D eigenvalue weighted by atomic mass is 32.1. The Balaban J connectivity index is 0.808. The van der Waals surface area contributed by atoms with Crippen molar-refractivity contribution < 1.29 is 29.1 Å². The van der Waals surface area contributed by atoms with E-state index in [0.717, 1.165) is 70.7 Å². The number of nitrogens with one attached hydrogen (secondary N) is 1. The molecule has 0 spiro atoms. The summed E-state index contributed by atoms with van der Waals surface area (Å²) in [5, 5.41) is 38.6. The van der Waals surface area contributed by atoms with E-state index in [1.54, 1.807) is 40.9 Å². The van der Waals surface area contributed by atoms with E-state index in [4.69, 9.17) is 9.26 Å². The fourth-order valence-corrected chi connectivity index (χ4v) is 11.6. The molecule has 6 aromatic rings. The first-order valence-corrected chi connectivity index (χ1v) is 23.3. The summed E-state index contributed by atoms with van der Waals surface area (Å²) in [6, 6.07) is 18.2. The van der Waals surface area contributed by atoms with E-state index in [0.29, 0.717) is 28.8 Å².